The number of amides is 2. The van der Waals surface area contributed by atoms with Crippen molar-refractivity contribution in [3.63, 3.8) is 0 Å². The molecule has 7 nitrogen and oxygen atoms in total. The molecule has 33 heavy (non-hydrogen) atoms. The summed E-state index contributed by atoms with van der Waals surface area (Å²) >= 11 is 0. The number of fused-ring (bicyclic) bond motifs is 3. The van der Waals surface area contributed by atoms with Crippen molar-refractivity contribution < 1.29 is 27.5 Å². The van der Waals surface area contributed by atoms with Crippen LogP contribution in [-0.2, 0) is 0 Å². The van der Waals surface area contributed by atoms with Crippen LogP contribution >= 0.6 is 0 Å². The van der Waals surface area contributed by atoms with Crippen molar-refractivity contribution in [2.24, 2.45) is 0 Å². The Morgan fingerprint density at radius 2 is 1.67 bits per heavy atom. The number of aryl methyl sites for hydroxylation is 2. The summed E-state index contributed by atoms with van der Waals surface area (Å²) in [5, 5.41) is 4.98. The summed E-state index contributed by atoms with van der Waals surface area (Å²) in [6, 6.07) is 12.1. The summed E-state index contributed by atoms with van der Waals surface area (Å²) in [5.41, 5.74) is 3.11. The quantitative estimate of drug-likeness (QED) is 0.420. The highest BCUT2D eigenvalue weighted by Gasteiger charge is 2.40. The fraction of sp³-hybridized carbons (Fsp3) is 0.130. The molecule has 0 atom stereocenters. The van der Waals surface area contributed by atoms with E-state index in [2.05, 4.69) is 14.8 Å². The number of anilines is 1. The Kier molecular flexibility index (Phi) is 4.48. The fourth-order valence-electron chi connectivity index (χ4n) is 3.93. The molecule has 1 aliphatic heterocycles. The van der Waals surface area contributed by atoms with Gasteiger partial charge in [-0.3, -0.25) is 9.59 Å². The fourth-order valence-corrected chi connectivity index (χ4v) is 3.93. The molecule has 10 heteroatoms. The summed E-state index contributed by atoms with van der Waals surface area (Å²) < 4.78 is 42.7. The average Bonchev–Trinajstić information content (AvgIpc) is 3.22. The minimum absolute atomic E-state index is 0.106. The predicted molar refractivity (Wildman–Crippen MR) is 113 cm³/mol. The number of nitrogens with zero attached hydrogens (tertiary/aromatic N) is 4. The molecule has 2 aromatic heterocycles. The van der Waals surface area contributed by atoms with E-state index in [9.17, 15) is 22.8 Å². The van der Waals surface area contributed by atoms with Gasteiger partial charge in [-0.15, -0.1) is 13.2 Å². The first-order valence-electron chi connectivity index (χ1n) is 9.84. The Morgan fingerprint density at radius 3 is 2.33 bits per heavy atom. The second-order valence-corrected chi connectivity index (χ2v) is 7.57. The molecule has 0 fully saturated rings. The van der Waals surface area contributed by atoms with Crippen LogP contribution < -0.4 is 9.64 Å². The van der Waals surface area contributed by atoms with Crippen molar-refractivity contribution in [1.82, 2.24) is 14.8 Å². The summed E-state index contributed by atoms with van der Waals surface area (Å²) in [6.45, 7) is 3.67. The third-order valence-electron chi connectivity index (χ3n) is 5.30. The van der Waals surface area contributed by atoms with E-state index in [-0.39, 0.29) is 16.8 Å². The molecule has 0 saturated heterocycles. The molecule has 4 aromatic rings. The van der Waals surface area contributed by atoms with E-state index in [0.717, 1.165) is 28.3 Å². The van der Waals surface area contributed by atoms with Gasteiger partial charge >= 0.3 is 6.36 Å². The second kappa shape index (κ2) is 7.16. The van der Waals surface area contributed by atoms with Gasteiger partial charge in [0.05, 0.1) is 33.6 Å². The summed E-state index contributed by atoms with van der Waals surface area (Å²) in [4.78, 5) is 31.7. The normalized spacial score (nSPS) is 13.7. The molecule has 2 aromatic carbocycles. The lowest BCUT2D eigenvalue weighted by molar-refractivity contribution is -0.274. The minimum Gasteiger partial charge on any atom is -0.406 e. The maximum Gasteiger partial charge on any atom is 0.573 e. The molecule has 2 amide bonds. The van der Waals surface area contributed by atoms with Crippen molar-refractivity contribution in [1.29, 1.82) is 0 Å². The molecular formula is C23H15F3N4O3. The predicted octanol–water partition coefficient (Wildman–Crippen LogP) is 4.74. The van der Waals surface area contributed by atoms with Gasteiger partial charge < -0.3 is 4.74 Å². The first-order valence-corrected chi connectivity index (χ1v) is 9.84. The molecule has 0 unspecified atom stereocenters. The zero-order valence-electron chi connectivity index (χ0n) is 17.3. The number of alkyl halides is 3. The highest BCUT2D eigenvalue weighted by atomic mass is 19.4. The summed E-state index contributed by atoms with van der Waals surface area (Å²) in [7, 11) is 0. The molecule has 0 bridgehead atoms. The van der Waals surface area contributed by atoms with Gasteiger partial charge in [0.2, 0.25) is 0 Å². The number of ether oxygens (including phenoxy) is 1. The highest BCUT2D eigenvalue weighted by Crippen LogP contribution is 2.35. The minimum atomic E-state index is -4.84. The largest absolute Gasteiger partial charge is 0.573 e. The van der Waals surface area contributed by atoms with Crippen LogP contribution in [0.2, 0.25) is 0 Å². The monoisotopic (exact) mass is 452 g/mol. The van der Waals surface area contributed by atoms with Crippen molar-refractivity contribution >= 4 is 28.5 Å². The number of aromatic nitrogens is 3. The number of hydrogen-bond donors (Lipinski definition) is 0. The number of benzene rings is 2. The molecule has 0 radical (unpaired) electrons. The Labute approximate surface area is 185 Å². The van der Waals surface area contributed by atoms with Crippen LogP contribution in [0, 0.1) is 13.8 Å². The smallest absolute Gasteiger partial charge is 0.406 e. The number of carbonyl (C=O) groups is 2. The van der Waals surface area contributed by atoms with E-state index < -0.39 is 23.9 Å². The highest BCUT2D eigenvalue weighted by molar-refractivity contribution is 6.37. The van der Waals surface area contributed by atoms with Gasteiger partial charge in [0.25, 0.3) is 11.8 Å². The number of imide groups is 1. The average molecular weight is 452 g/mol. The van der Waals surface area contributed by atoms with Gasteiger partial charge in [-0.1, -0.05) is 12.1 Å². The van der Waals surface area contributed by atoms with Gasteiger partial charge in [-0.05, 0) is 55.8 Å². The molecule has 166 valence electrons. The van der Waals surface area contributed by atoms with Gasteiger partial charge in [0.15, 0.2) is 5.65 Å². The lowest BCUT2D eigenvalue weighted by atomic mass is 10.1. The van der Waals surface area contributed by atoms with Gasteiger partial charge in [0.1, 0.15) is 5.75 Å². The van der Waals surface area contributed by atoms with Crippen LogP contribution in [0.15, 0.2) is 54.7 Å². The molecule has 0 N–H and O–H groups in total. The third kappa shape index (κ3) is 3.39. The van der Waals surface area contributed by atoms with Crippen LogP contribution in [0.3, 0.4) is 0 Å². The third-order valence-corrected chi connectivity index (χ3v) is 5.30. The number of pyridine rings is 1. The zero-order chi connectivity index (χ0) is 23.5. The topological polar surface area (TPSA) is 77.3 Å². The van der Waals surface area contributed by atoms with Crippen molar-refractivity contribution in [3.8, 4) is 11.4 Å². The SMILES string of the molecule is Cc1cccc(-n2nc(C)c3c4c(cnc32)C(=O)N(c2ccc(OC(F)(F)F)cc2)C4=O)c1. The zero-order valence-corrected chi connectivity index (χ0v) is 17.3. The lowest BCUT2D eigenvalue weighted by Gasteiger charge is -2.15. The first kappa shape index (κ1) is 20.7. The van der Waals surface area contributed by atoms with E-state index in [1.807, 2.05) is 31.2 Å². The van der Waals surface area contributed by atoms with Crippen molar-refractivity contribution in [2.45, 2.75) is 20.2 Å². The number of hydrogen-bond acceptors (Lipinski definition) is 5. The van der Waals surface area contributed by atoms with Crippen LogP contribution in [0.5, 0.6) is 5.75 Å². The van der Waals surface area contributed by atoms with E-state index in [1.165, 1.54) is 18.3 Å². The molecule has 5 rings (SSSR count). The first-order chi connectivity index (χ1) is 15.6. The Morgan fingerprint density at radius 1 is 0.939 bits per heavy atom. The molecular weight excluding hydrogens is 437 g/mol. The molecule has 0 aliphatic carbocycles. The van der Waals surface area contributed by atoms with Crippen LogP contribution in [-0.4, -0.2) is 32.9 Å². The van der Waals surface area contributed by atoms with Crippen LogP contribution in [0.4, 0.5) is 18.9 Å². The standard InChI is InChI=1S/C23H15F3N4O3/c1-12-4-3-5-15(10-12)30-20-18(13(2)28-30)19-17(11-27-20)21(31)29(22(19)32)14-6-8-16(9-7-14)33-23(24,25)26/h3-11H,1-2H3. The van der Waals surface area contributed by atoms with Crippen LogP contribution in [0.1, 0.15) is 32.0 Å². The molecule has 1 aliphatic rings. The molecule has 3 heterocycles. The Balaban J connectivity index is 1.58. The van der Waals surface area contributed by atoms with Crippen LogP contribution in [0.25, 0.3) is 16.7 Å². The van der Waals surface area contributed by atoms with Gasteiger partial charge in [0, 0.05) is 6.20 Å². The van der Waals surface area contributed by atoms with E-state index >= 15 is 0 Å². The Hall–Kier alpha value is -4.21. The summed E-state index contributed by atoms with van der Waals surface area (Å²) in [6.07, 6.45) is -3.52. The summed E-state index contributed by atoms with van der Waals surface area (Å²) in [5.74, 6) is -1.67. The maximum atomic E-state index is 13.3. The molecule has 0 saturated carbocycles. The number of halogens is 3. The maximum absolute atomic E-state index is 13.3. The van der Waals surface area contributed by atoms with Crippen molar-refractivity contribution in [3.05, 3.63) is 77.1 Å². The van der Waals surface area contributed by atoms with Gasteiger partial charge in [-0.2, -0.15) is 5.10 Å². The van der Waals surface area contributed by atoms with Gasteiger partial charge in [-0.25, -0.2) is 14.6 Å². The lowest BCUT2D eigenvalue weighted by Crippen LogP contribution is -2.29. The number of rotatable bonds is 3. The second-order valence-electron chi connectivity index (χ2n) is 7.57. The van der Waals surface area contributed by atoms with Crippen molar-refractivity contribution in [2.75, 3.05) is 4.90 Å². The number of carbonyl (C=O) groups excluding carboxylic acids is 2. The van der Waals surface area contributed by atoms with E-state index in [0.29, 0.717) is 16.7 Å². The van der Waals surface area contributed by atoms with E-state index in [1.54, 1.807) is 11.6 Å². The van der Waals surface area contributed by atoms with E-state index in [4.69, 9.17) is 0 Å². The Bertz CT molecular complexity index is 1440. The molecule has 0 spiro atoms.